The number of amides is 1. The van der Waals surface area contributed by atoms with Gasteiger partial charge >= 0.3 is 0 Å². The Morgan fingerprint density at radius 2 is 2.09 bits per heavy atom. The van der Waals surface area contributed by atoms with Crippen LogP contribution in [0, 0.1) is 18.8 Å². The highest BCUT2D eigenvalue weighted by molar-refractivity contribution is 6.04. The average molecular weight is 435 g/mol. The number of hydrogen-bond donors (Lipinski definition) is 2. The van der Waals surface area contributed by atoms with E-state index in [1.807, 2.05) is 25.1 Å². The lowest BCUT2D eigenvalue weighted by Crippen LogP contribution is -2.48. The zero-order chi connectivity index (χ0) is 22.9. The summed E-state index contributed by atoms with van der Waals surface area (Å²) in [6.07, 6.45) is 9.79. The lowest BCUT2D eigenvalue weighted by Gasteiger charge is -2.50. The molecular weight excluding hydrogens is 396 g/mol. The Morgan fingerprint density at radius 3 is 2.81 bits per heavy atom. The first-order valence-electron chi connectivity index (χ1n) is 12.3. The van der Waals surface area contributed by atoms with Crippen LogP contribution in [-0.4, -0.2) is 21.6 Å². The number of aliphatic hydroxyl groups is 1. The molecule has 4 rings (SSSR count). The van der Waals surface area contributed by atoms with E-state index in [-0.39, 0.29) is 11.3 Å². The molecule has 1 amide bonds. The second kappa shape index (κ2) is 8.97. The van der Waals surface area contributed by atoms with Crippen LogP contribution in [0.2, 0.25) is 0 Å². The number of fused-ring (bicyclic) bond motifs is 3. The van der Waals surface area contributed by atoms with E-state index in [2.05, 4.69) is 43.2 Å². The van der Waals surface area contributed by atoms with Gasteiger partial charge in [-0.15, -0.1) is 0 Å². The summed E-state index contributed by atoms with van der Waals surface area (Å²) in [6.45, 7) is 8.63. The maximum absolute atomic E-state index is 13.0. The van der Waals surface area contributed by atoms with Gasteiger partial charge in [0.25, 0.3) is 5.91 Å². The van der Waals surface area contributed by atoms with Gasteiger partial charge in [0.05, 0.1) is 17.0 Å². The van der Waals surface area contributed by atoms with Gasteiger partial charge < -0.3 is 10.4 Å². The quantitative estimate of drug-likeness (QED) is 0.588. The van der Waals surface area contributed by atoms with Gasteiger partial charge in [0.1, 0.15) is 0 Å². The van der Waals surface area contributed by atoms with Crippen molar-refractivity contribution in [1.29, 1.82) is 0 Å². The summed E-state index contributed by atoms with van der Waals surface area (Å²) >= 11 is 0. The first kappa shape index (κ1) is 23.0. The lowest BCUT2D eigenvalue weighted by atomic mass is 9.56. The minimum atomic E-state index is -0.524. The van der Waals surface area contributed by atoms with Crippen LogP contribution in [-0.2, 0) is 11.8 Å². The molecule has 2 aliphatic rings. The number of anilines is 1. The summed E-state index contributed by atoms with van der Waals surface area (Å²) in [4.78, 5) is 17.3. The normalized spacial score (nSPS) is 27.4. The molecule has 0 bridgehead atoms. The molecule has 2 N–H and O–H groups in total. The summed E-state index contributed by atoms with van der Waals surface area (Å²) in [7, 11) is 0. The number of benzene rings is 1. The van der Waals surface area contributed by atoms with Gasteiger partial charge in [-0.1, -0.05) is 26.8 Å². The summed E-state index contributed by atoms with van der Waals surface area (Å²) < 4.78 is 0. The number of carbonyl (C=O) groups is 1. The molecule has 1 aromatic carbocycles. The third-order valence-corrected chi connectivity index (χ3v) is 8.02. The Bertz CT molecular complexity index is 985. The Morgan fingerprint density at radius 1 is 1.28 bits per heavy atom. The molecule has 0 spiro atoms. The number of nitrogens with one attached hydrogen (secondary N) is 1. The number of nitrogens with zero attached hydrogens (tertiary/aromatic N) is 1. The minimum absolute atomic E-state index is 0.0785. The third-order valence-electron chi connectivity index (χ3n) is 8.02. The maximum atomic E-state index is 13.0. The van der Waals surface area contributed by atoms with Crippen LogP contribution in [0.3, 0.4) is 0 Å². The second-order valence-electron chi connectivity index (χ2n) is 10.6. The fourth-order valence-corrected chi connectivity index (χ4v) is 6.53. The zero-order valence-electron chi connectivity index (χ0n) is 20.1. The molecule has 172 valence electrons. The van der Waals surface area contributed by atoms with Gasteiger partial charge in [0, 0.05) is 11.8 Å². The Hall–Kier alpha value is -2.20. The molecule has 0 unspecified atom stereocenters. The van der Waals surface area contributed by atoms with Crippen LogP contribution in [0.15, 0.2) is 36.5 Å². The standard InChI is InChI=1S/C28H38N2O2/c1-5-28-14-13-27(32,17-19(2)3)18-23(28)9-6-8-21-16-22(11-12-24(21)28)26(31)30-25-10-7-15-29-20(25)4/h7,10-12,15-16,19,23,32H,5-6,8-9,13-14,17-18H2,1-4H3,(H,30,31)/t23-,27-,28+/m1/s1. The van der Waals surface area contributed by atoms with E-state index in [0.717, 1.165) is 62.7 Å². The number of aromatic nitrogens is 1. The van der Waals surface area contributed by atoms with E-state index < -0.39 is 5.60 Å². The van der Waals surface area contributed by atoms with Crippen molar-refractivity contribution < 1.29 is 9.90 Å². The molecule has 0 aliphatic heterocycles. The second-order valence-corrected chi connectivity index (χ2v) is 10.6. The summed E-state index contributed by atoms with van der Waals surface area (Å²) in [5.74, 6) is 0.936. The highest BCUT2D eigenvalue weighted by Crippen LogP contribution is 2.54. The van der Waals surface area contributed by atoms with Crippen molar-refractivity contribution in [3.05, 3.63) is 58.9 Å². The molecule has 4 nitrogen and oxygen atoms in total. The van der Waals surface area contributed by atoms with E-state index in [4.69, 9.17) is 0 Å². The largest absolute Gasteiger partial charge is 0.390 e. The van der Waals surface area contributed by atoms with Crippen LogP contribution < -0.4 is 5.32 Å². The Labute approximate surface area is 192 Å². The Kier molecular flexibility index (Phi) is 6.44. The van der Waals surface area contributed by atoms with Gasteiger partial charge in [-0.05, 0) is 111 Å². The zero-order valence-corrected chi connectivity index (χ0v) is 20.1. The number of hydrogen-bond acceptors (Lipinski definition) is 3. The van der Waals surface area contributed by atoms with Crippen LogP contribution in [0.4, 0.5) is 5.69 Å². The molecule has 32 heavy (non-hydrogen) atoms. The molecule has 2 aliphatic carbocycles. The first-order chi connectivity index (χ1) is 15.3. The monoisotopic (exact) mass is 434 g/mol. The molecule has 0 saturated heterocycles. The molecule has 1 saturated carbocycles. The lowest BCUT2D eigenvalue weighted by molar-refractivity contribution is -0.0611. The molecule has 1 aromatic heterocycles. The minimum Gasteiger partial charge on any atom is -0.390 e. The fraction of sp³-hybridized carbons (Fsp3) is 0.571. The summed E-state index contributed by atoms with van der Waals surface area (Å²) in [6, 6.07) is 10.1. The molecule has 0 radical (unpaired) electrons. The van der Waals surface area contributed by atoms with Crippen molar-refractivity contribution in [2.45, 2.75) is 90.1 Å². The highest BCUT2D eigenvalue weighted by atomic mass is 16.3. The molecular formula is C28H38N2O2. The van der Waals surface area contributed by atoms with Gasteiger partial charge in [0.2, 0.25) is 0 Å². The SMILES string of the molecule is CC[C@]12CC[C@@](O)(CC(C)C)C[C@H]1CCCc1cc(C(=O)Nc3cccnc3C)ccc12. The van der Waals surface area contributed by atoms with Gasteiger partial charge in [0.15, 0.2) is 0 Å². The smallest absolute Gasteiger partial charge is 0.255 e. The third kappa shape index (κ3) is 4.34. The maximum Gasteiger partial charge on any atom is 0.255 e. The van der Waals surface area contributed by atoms with Crippen molar-refractivity contribution >= 4 is 11.6 Å². The summed E-state index contributed by atoms with van der Waals surface area (Å²) in [5, 5.41) is 14.4. The topological polar surface area (TPSA) is 62.2 Å². The van der Waals surface area contributed by atoms with Crippen molar-refractivity contribution in [3.63, 3.8) is 0 Å². The summed E-state index contributed by atoms with van der Waals surface area (Å²) in [5.41, 5.74) is 4.62. The van der Waals surface area contributed by atoms with Crippen LogP contribution in [0.25, 0.3) is 0 Å². The predicted octanol–water partition coefficient (Wildman–Crippen LogP) is 6.20. The van der Waals surface area contributed by atoms with Gasteiger partial charge in [-0.2, -0.15) is 0 Å². The fourth-order valence-electron chi connectivity index (χ4n) is 6.53. The van der Waals surface area contributed by atoms with Crippen molar-refractivity contribution in [1.82, 2.24) is 4.98 Å². The number of rotatable bonds is 5. The van der Waals surface area contributed by atoms with Crippen LogP contribution >= 0.6 is 0 Å². The molecule has 3 atom stereocenters. The van der Waals surface area contributed by atoms with Gasteiger partial charge in [-0.3, -0.25) is 9.78 Å². The van der Waals surface area contributed by atoms with E-state index in [0.29, 0.717) is 17.4 Å². The molecule has 2 aromatic rings. The number of aryl methyl sites for hydroxylation is 2. The average Bonchev–Trinajstić information content (AvgIpc) is 2.90. The van der Waals surface area contributed by atoms with Crippen LogP contribution in [0.1, 0.15) is 92.9 Å². The van der Waals surface area contributed by atoms with Crippen LogP contribution in [0.5, 0.6) is 0 Å². The molecule has 4 heteroatoms. The van der Waals surface area contributed by atoms with Crippen molar-refractivity contribution in [2.24, 2.45) is 11.8 Å². The van der Waals surface area contributed by atoms with Crippen molar-refractivity contribution in [3.8, 4) is 0 Å². The van der Waals surface area contributed by atoms with Crippen molar-refractivity contribution in [2.75, 3.05) is 5.32 Å². The number of pyridine rings is 1. The van der Waals surface area contributed by atoms with E-state index in [9.17, 15) is 9.90 Å². The van der Waals surface area contributed by atoms with Gasteiger partial charge in [-0.25, -0.2) is 0 Å². The number of carbonyl (C=O) groups excluding carboxylic acids is 1. The molecule has 1 fully saturated rings. The Balaban J connectivity index is 1.62. The molecule has 1 heterocycles. The van der Waals surface area contributed by atoms with E-state index in [1.165, 1.54) is 11.1 Å². The highest BCUT2D eigenvalue weighted by Gasteiger charge is 2.49. The van der Waals surface area contributed by atoms with E-state index in [1.54, 1.807) is 6.20 Å². The predicted molar refractivity (Wildman–Crippen MR) is 130 cm³/mol. The first-order valence-corrected chi connectivity index (χ1v) is 12.3. The van der Waals surface area contributed by atoms with E-state index >= 15 is 0 Å².